The van der Waals surface area contributed by atoms with Gasteiger partial charge in [0.2, 0.25) is 0 Å². The van der Waals surface area contributed by atoms with Crippen molar-refractivity contribution in [2.75, 3.05) is 6.54 Å². The molecule has 0 aliphatic rings. The Morgan fingerprint density at radius 3 is 2.64 bits per heavy atom. The number of aliphatic imine (C=N–C) groups is 1. The molecule has 0 bridgehead atoms. The third-order valence-electron chi connectivity index (χ3n) is 1.26. The van der Waals surface area contributed by atoms with Gasteiger partial charge in [-0.1, -0.05) is 13.3 Å². The summed E-state index contributed by atoms with van der Waals surface area (Å²) in [7, 11) is 0. The number of hydrogen-bond donors (Lipinski definition) is 1. The van der Waals surface area contributed by atoms with Gasteiger partial charge in [-0.25, -0.2) is 4.79 Å². The highest BCUT2D eigenvalue weighted by Crippen LogP contribution is 2.05. The van der Waals surface area contributed by atoms with E-state index in [1.807, 2.05) is 0 Å². The molecule has 0 spiro atoms. The molecule has 0 rings (SSSR count). The van der Waals surface area contributed by atoms with Crippen LogP contribution in [0.2, 0.25) is 0 Å². The molecule has 0 aromatic heterocycles. The zero-order valence-corrected chi connectivity index (χ0v) is 9.39. The number of unbranched alkanes of at least 4 members (excludes halogenated alkanes) is 1. The number of carbonyl (C=O) groups excluding carboxylic acids is 1. The summed E-state index contributed by atoms with van der Waals surface area (Å²) in [6.45, 7) is 8.19. The van der Waals surface area contributed by atoms with Crippen LogP contribution in [-0.2, 0) is 4.74 Å². The van der Waals surface area contributed by atoms with Crippen LogP contribution in [0.5, 0.6) is 0 Å². The number of nitrogens with one attached hydrogen (secondary N) is 1. The Balaban J connectivity index is 3.59. The first-order valence-electron chi connectivity index (χ1n) is 4.86. The number of nitrogens with zero attached hydrogens (tertiary/aromatic N) is 1. The number of alkyl carbamates (subject to hydrolysis) is 1. The Morgan fingerprint density at radius 2 is 2.14 bits per heavy atom. The third kappa shape index (κ3) is 9.03. The maximum atomic E-state index is 11.0. The smallest absolute Gasteiger partial charge is 0.413 e. The third-order valence-corrected chi connectivity index (χ3v) is 1.26. The van der Waals surface area contributed by atoms with Gasteiger partial charge in [0.25, 0.3) is 0 Å². The van der Waals surface area contributed by atoms with Gasteiger partial charge in [0.1, 0.15) is 5.60 Å². The monoisotopic (exact) mass is 199 g/mol. The van der Waals surface area contributed by atoms with Crippen molar-refractivity contribution in [2.24, 2.45) is 4.99 Å². The Kier molecular flexibility index (Phi) is 5.92. The largest absolute Gasteiger partial charge is 0.444 e. The summed E-state index contributed by atoms with van der Waals surface area (Å²) >= 11 is 0. The molecule has 1 amide bonds. The van der Waals surface area contributed by atoms with E-state index in [0.717, 1.165) is 12.8 Å². The molecule has 4 nitrogen and oxygen atoms in total. The van der Waals surface area contributed by atoms with Crippen molar-refractivity contribution in [3.05, 3.63) is 0 Å². The fraction of sp³-hybridized carbons (Fsp3) is 0.800. The van der Waals surface area contributed by atoms with Crippen LogP contribution in [0.15, 0.2) is 4.99 Å². The zero-order valence-electron chi connectivity index (χ0n) is 9.39. The lowest BCUT2D eigenvalue weighted by Gasteiger charge is -2.18. The molecule has 0 fully saturated rings. The van der Waals surface area contributed by atoms with Gasteiger partial charge in [-0.05, 0) is 27.2 Å². The van der Waals surface area contributed by atoms with Crippen molar-refractivity contribution in [2.45, 2.75) is 46.1 Å². The van der Waals surface area contributed by atoms with Gasteiger partial charge in [0, 0.05) is 6.54 Å². The second-order valence-corrected chi connectivity index (χ2v) is 3.97. The Morgan fingerprint density at radius 1 is 1.50 bits per heavy atom. The van der Waals surface area contributed by atoms with E-state index in [1.54, 1.807) is 20.8 Å². The molecule has 0 heterocycles. The predicted molar refractivity (Wildman–Crippen MR) is 56.6 cm³/mol. The van der Waals surface area contributed by atoms with Gasteiger partial charge in [-0.3, -0.25) is 10.3 Å². The molecular formula is C10H19N2O2. The molecule has 0 unspecified atom stereocenters. The molecule has 14 heavy (non-hydrogen) atoms. The molecule has 0 aliphatic carbocycles. The van der Waals surface area contributed by atoms with Crippen LogP contribution < -0.4 is 5.32 Å². The highest BCUT2D eigenvalue weighted by molar-refractivity contribution is 5.82. The van der Waals surface area contributed by atoms with E-state index < -0.39 is 11.7 Å². The average molecular weight is 199 g/mol. The minimum atomic E-state index is -0.516. The number of ether oxygens (including phenoxy) is 1. The summed E-state index contributed by atoms with van der Waals surface area (Å²) in [6, 6.07) is 0. The summed E-state index contributed by atoms with van der Waals surface area (Å²) in [5.74, 6) is 0. The second kappa shape index (κ2) is 6.40. The number of hydrogen-bond acceptors (Lipinski definition) is 3. The van der Waals surface area contributed by atoms with Gasteiger partial charge in [-0.15, -0.1) is 0 Å². The number of rotatable bonds is 4. The summed E-state index contributed by atoms with van der Waals surface area (Å²) in [6.07, 6.45) is 4.01. The molecule has 0 saturated carbocycles. The summed E-state index contributed by atoms with van der Waals surface area (Å²) in [5, 5.41) is 2.32. The predicted octanol–water partition coefficient (Wildman–Crippen LogP) is 2.22. The van der Waals surface area contributed by atoms with Gasteiger partial charge < -0.3 is 4.74 Å². The van der Waals surface area contributed by atoms with Crippen LogP contribution in [0.1, 0.15) is 40.5 Å². The van der Waals surface area contributed by atoms with E-state index in [-0.39, 0.29) is 0 Å². The van der Waals surface area contributed by atoms with E-state index >= 15 is 0 Å². The topological polar surface area (TPSA) is 50.7 Å². The maximum Gasteiger partial charge on any atom is 0.413 e. The lowest BCUT2D eigenvalue weighted by Crippen LogP contribution is -2.31. The number of carbonyl (C=O) groups is 1. The molecule has 0 aliphatic heterocycles. The molecule has 0 aromatic carbocycles. The van der Waals surface area contributed by atoms with Gasteiger partial charge in [-0.2, -0.15) is 0 Å². The van der Waals surface area contributed by atoms with Gasteiger partial charge in [0.05, 0.1) is 0 Å². The first kappa shape index (κ1) is 12.9. The molecule has 0 aromatic rings. The molecular weight excluding hydrogens is 180 g/mol. The van der Waals surface area contributed by atoms with Crippen LogP contribution in [-0.4, -0.2) is 24.6 Å². The first-order valence-corrected chi connectivity index (χ1v) is 4.86. The van der Waals surface area contributed by atoms with E-state index in [0.29, 0.717) is 6.54 Å². The molecule has 0 atom stereocenters. The van der Waals surface area contributed by atoms with Crippen molar-refractivity contribution in [1.82, 2.24) is 5.32 Å². The van der Waals surface area contributed by atoms with Crippen LogP contribution in [0.4, 0.5) is 4.79 Å². The molecule has 1 N–H and O–H groups in total. The summed E-state index contributed by atoms with van der Waals surface area (Å²) in [4.78, 5) is 14.9. The summed E-state index contributed by atoms with van der Waals surface area (Å²) < 4.78 is 4.97. The lowest BCUT2D eigenvalue weighted by molar-refractivity contribution is 0.0565. The second-order valence-electron chi connectivity index (χ2n) is 3.97. The zero-order chi connectivity index (χ0) is 11.0. The lowest BCUT2D eigenvalue weighted by atomic mass is 10.2. The Hall–Kier alpha value is -1.06. The van der Waals surface area contributed by atoms with E-state index in [4.69, 9.17) is 4.74 Å². The van der Waals surface area contributed by atoms with Crippen LogP contribution in [0, 0.1) is 0 Å². The average Bonchev–Trinajstić information content (AvgIpc) is 2.00. The first-order chi connectivity index (χ1) is 6.45. The fourth-order valence-electron chi connectivity index (χ4n) is 0.682. The van der Waals surface area contributed by atoms with Crippen molar-refractivity contribution in [3.63, 3.8) is 0 Å². The van der Waals surface area contributed by atoms with E-state index in [9.17, 15) is 4.79 Å². The minimum absolute atomic E-state index is 0.477. The normalized spacial score (nSPS) is 11.7. The summed E-state index contributed by atoms with van der Waals surface area (Å²) in [5.41, 5.74) is -0.477. The SMILES string of the molecule is CCCC/N=[C]/NC(=O)OC(C)(C)C. The number of amides is 1. The van der Waals surface area contributed by atoms with Crippen molar-refractivity contribution in [3.8, 4) is 0 Å². The maximum absolute atomic E-state index is 11.0. The molecule has 4 heteroatoms. The highest BCUT2D eigenvalue weighted by atomic mass is 16.6. The highest BCUT2D eigenvalue weighted by Gasteiger charge is 2.14. The van der Waals surface area contributed by atoms with Gasteiger partial charge in [0.15, 0.2) is 6.34 Å². The van der Waals surface area contributed by atoms with Crippen molar-refractivity contribution < 1.29 is 9.53 Å². The minimum Gasteiger partial charge on any atom is -0.444 e. The Labute approximate surface area is 85.7 Å². The van der Waals surface area contributed by atoms with Crippen LogP contribution in [0.3, 0.4) is 0 Å². The molecule has 1 radical (unpaired) electrons. The quantitative estimate of drug-likeness (QED) is 0.326. The van der Waals surface area contributed by atoms with E-state index in [2.05, 4.69) is 23.6 Å². The molecule has 0 saturated heterocycles. The van der Waals surface area contributed by atoms with Crippen LogP contribution >= 0.6 is 0 Å². The van der Waals surface area contributed by atoms with Crippen molar-refractivity contribution in [1.29, 1.82) is 0 Å². The Bertz CT molecular complexity index is 195. The standard InChI is InChI=1S/C10H19N2O2/c1-5-6-7-11-8-12-9(13)14-10(2,3)4/h5-7H2,1-4H3,(H,11,12,13). The van der Waals surface area contributed by atoms with E-state index in [1.165, 1.54) is 0 Å². The van der Waals surface area contributed by atoms with Gasteiger partial charge >= 0.3 is 6.09 Å². The molecule has 81 valence electrons. The van der Waals surface area contributed by atoms with Crippen molar-refractivity contribution >= 4 is 12.4 Å². The fourth-order valence-corrected chi connectivity index (χ4v) is 0.682. The van der Waals surface area contributed by atoms with Crippen LogP contribution in [0.25, 0.3) is 0 Å².